The van der Waals surface area contributed by atoms with Gasteiger partial charge in [0, 0.05) is 17.2 Å². The van der Waals surface area contributed by atoms with Gasteiger partial charge in [0.05, 0.1) is 0 Å². The zero-order chi connectivity index (χ0) is 13.2. The zero-order valence-electron chi connectivity index (χ0n) is 11.9. The maximum Gasteiger partial charge on any atom is 0.133 e. The molecule has 0 unspecified atom stereocenters. The molecular weight excluding hydrogens is 252 g/mol. The number of aromatic nitrogens is 2. The van der Waals surface area contributed by atoms with Gasteiger partial charge in [-0.25, -0.2) is 4.98 Å². The normalized spacial score (nSPS) is 26.4. The van der Waals surface area contributed by atoms with E-state index in [9.17, 15) is 0 Å². The Kier molecular flexibility index (Phi) is 4.01. The van der Waals surface area contributed by atoms with Crippen molar-refractivity contribution < 1.29 is 0 Å². The lowest BCUT2D eigenvalue weighted by molar-refractivity contribution is 0.302. The van der Waals surface area contributed by atoms with Crippen LogP contribution in [0.3, 0.4) is 0 Å². The number of nitrogens with zero attached hydrogens (tertiary/aromatic N) is 1. The Hall–Kier alpha value is -0.700. The quantitative estimate of drug-likeness (QED) is 0.810. The first-order valence-corrected chi connectivity index (χ1v) is 8.30. The van der Waals surface area contributed by atoms with E-state index in [1.54, 1.807) is 0 Å². The third-order valence-electron chi connectivity index (χ3n) is 4.91. The van der Waals surface area contributed by atoms with Crippen molar-refractivity contribution in [2.24, 2.45) is 5.92 Å². The third-order valence-corrected chi connectivity index (χ3v) is 5.25. The van der Waals surface area contributed by atoms with Crippen LogP contribution in [0, 0.1) is 10.6 Å². The van der Waals surface area contributed by atoms with Crippen molar-refractivity contribution in [2.45, 2.75) is 70.6 Å². The number of hydrogen-bond acceptors (Lipinski definition) is 2. The van der Waals surface area contributed by atoms with Crippen molar-refractivity contribution in [3.63, 3.8) is 0 Å². The molecule has 3 heteroatoms. The molecule has 3 rings (SSSR count). The highest BCUT2D eigenvalue weighted by Crippen LogP contribution is 2.36. The second-order valence-electron chi connectivity index (χ2n) is 6.24. The van der Waals surface area contributed by atoms with Gasteiger partial charge in [0.25, 0.3) is 0 Å². The molecule has 1 heterocycles. The monoisotopic (exact) mass is 276 g/mol. The molecule has 0 spiro atoms. The van der Waals surface area contributed by atoms with Crippen LogP contribution < -0.4 is 0 Å². The molecule has 0 amide bonds. The third kappa shape index (κ3) is 2.76. The van der Waals surface area contributed by atoms with Crippen molar-refractivity contribution in [1.82, 2.24) is 9.97 Å². The number of fused-ring (bicyclic) bond motifs is 1. The highest BCUT2D eigenvalue weighted by Gasteiger charge is 2.25. The second kappa shape index (κ2) is 5.74. The van der Waals surface area contributed by atoms with Gasteiger partial charge in [-0.1, -0.05) is 32.0 Å². The van der Waals surface area contributed by atoms with E-state index in [1.165, 1.54) is 68.4 Å². The minimum absolute atomic E-state index is 0.626. The fourth-order valence-electron chi connectivity index (χ4n) is 3.80. The van der Waals surface area contributed by atoms with Crippen LogP contribution in [0.1, 0.15) is 74.9 Å². The van der Waals surface area contributed by atoms with Crippen molar-refractivity contribution >= 4 is 12.2 Å². The van der Waals surface area contributed by atoms with Crippen LogP contribution in [-0.4, -0.2) is 9.97 Å². The minimum Gasteiger partial charge on any atom is -0.347 e. The highest BCUT2D eigenvalue weighted by molar-refractivity contribution is 7.71. The van der Waals surface area contributed by atoms with Gasteiger partial charge in [0.1, 0.15) is 10.5 Å². The predicted octanol–water partition coefficient (Wildman–Crippen LogP) is 4.70. The Morgan fingerprint density at radius 2 is 2.00 bits per heavy atom. The van der Waals surface area contributed by atoms with Gasteiger partial charge < -0.3 is 4.98 Å². The van der Waals surface area contributed by atoms with E-state index in [4.69, 9.17) is 17.2 Å². The van der Waals surface area contributed by atoms with E-state index >= 15 is 0 Å². The van der Waals surface area contributed by atoms with E-state index < -0.39 is 0 Å². The molecule has 2 nitrogen and oxygen atoms in total. The molecule has 1 fully saturated rings. The summed E-state index contributed by atoms with van der Waals surface area (Å²) in [4.78, 5) is 8.30. The molecule has 1 N–H and O–H groups in total. The van der Waals surface area contributed by atoms with E-state index in [2.05, 4.69) is 11.9 Å². The van der Waals surface area contributed by atoms with Crippen LogP contribution in [0.4, 0.5) is 0 Å². The summed E-state index contributed by atoms with van der Waals surface area (Å²) >= 11 is 5.47. The first-order chi connectivity index (χ1) is 9.28. The van der Waals surface area contributed by atoms with Gasteiger partial charge in [-0.05, 0) is 50.9 Å². The summed E-state index contributed by atoms with van der Waals surface area (Å²) in [5, 5.41) is 0. The molecule has 2 aliphatic carbocycles. The van der Waals surface area contributed by atoms with Crippen molar-refractivity contribution in [3.8, 4) is 0 Å². The van der Waals surface area contributed by atoms with E-state index in [0.29, 0.717) is 5.92 Å². The molecule has 1 aromatic heterocycles. The number of nitrogens with one attached hydrogen (secondary N) is 1. The molecule has 2 aliphatic rings. The summed E-state index contributed by atoms with van der Waals surface area (Å²) in [5.74, 6) is 2.76. The number of aromatic amines is 1. The number of H-pyrrole nitrogens is 1. The maximum atomic E-state index is 5.47. The van der Waals surface area contributed by atoms with Crippen LogP contribution in [0.15, 0.2) is 0 Å². The van der Waals surface area contributed by atoms with E-state index in [1.807, 2.05) is 0 Å². The molecule has 1 saturated carbocycles. The second-order valence-corrected chi connectivity index (χ2v) is 6.63. The Labute approximate surface area is 121 Å². The Morgan fingerprint density at radius 1 is 1.21 bits per heavy atom. The van der Waals surface area contributed by atoms with Crippen LogP contribution in [0.2, 0.25) is 0 Å². The van der Waals surface area contributed by atoms with Gasteiger partial charge >= 0.3 is 0 Å². The molecule has 0 bridgehead atoms. The Bertz CT molecular complexity index is 498. The fraction of sp³-hybridized carbons (Fsp3) is 0.750. The summed E-state index contributed by atoms with van der Waals surface area (Å²) < 4.78 is 0.872. The molecular formula is C16H24N2S. The molecule has 1 aromatic rings. The van der Waals surface area contributed by atoms with Crippen molar-refractivity contribution in [3.05, 3.63) is 21.7 Å². The number of aryl methyl sites for hydroxylation is 1. The highest BCUT2D eigenvalue weighted by atomic mass is 32.1. The standard InChI is InChI=1S/C16H24N2S/c1-2-4-11-7-9-12(10-8-11)15-17-14-6-3-5-13(14)16(19)18-15/h11-12H,2-10H2,1H3,(H,17,18,19). The van der Waals surface area contributed by atoms with Crippen LogP contribution in [0.5, 0.6) is 0 Å². The fourth-order valence-corrected chi connectivity index (χ4v) is 4.13. The molecule has 0 aromatic carbocycles. The summed E-state index contributed by atoms with van der Waals surface area (Å²) in [7, 11) is 0. The summed E-state index contributed by atoms with van der Waals surface area (Å²) in [6.45, 7) is 2.30. The van der Waals surface area contributed by atoms with E-state index in [0.717, 1.165) is 17.0 Å². The lowest BCUT2D eigenvalue weighted by Crippen LogP contribution is -2.16. The van der Waals surface area contributed by atoms with Crippen LogP contribution in [-0.2, 0) is 12.8 Å². The number of rotatable bonds is 3. The topological polar surface area (TPSA) is 28.7 Å². The Morgan fingerprint density at radius 3 is 2.74 bits per heavy atom. The van der Waals surface area contributed by atoms with Gasteiger partial charge in [-0.2, -0.15) is 0 Å². The zero-order valence-corrected chi connectivity index (χ0v) is 12.7. The smallest absolute Gasteiger partial charge is 0.133 e. The SMILES string of the molecule is CCCC1CCC(c2nc(=S)c3c([nH]2)CCC3)CC1. The first kappa shape index (κ1) is 13.3. The molecule has 0 atom stereocenters. The molecule has 19 heavy (non-hydrogen) atoms. The summed E-state index contributed by atoms with van der Waals surface area (Å²) in [6.07, 6.45) is 11.6. The molecule has 0 aliphatic heterocycles. The van der Waals surface area contributed by atoms with Crippen molar-refractivity contribution in [1.29, 1.82) is 0 Å². The molecule has 0 radical (unpaired) electrons. The lowest BCUT2D eigenvalue weighted by atomic mass is 9.80. The summed E-state index contributed by atoms with van der Waals surface area (Å²) in [5.41, 5.74) is 2.70. The average Bonchev–Trinajstić information content (AvgIpc) is 2.89. The predicted molar refractivity (Wildman–Crippen MR) is 81.1 cm³/mol. The van der Waals surface area contributed by atoms with Gasteiger partial charge in [0.2, 0.25) is 0 Å². The largest absolute Gasteiger partial charge is 0.347 e. The lowest BCUT2D eigenvalue weighted by Gasteiger charge is -2.28. The van der Waals surface area contributed by atoms with Crippen molar-refractivity contribution in [2.75, 3.05) is 0 Å². The molecule has 104 valence electrons. The van der Waals surface area contributed by atoms with Gasteiger partial charge in [-0.15, -0.1) is 0 Å². The van der Waals surface area contributed by atoms with Gasteiger partial charge in [0.15, 0.2) is 0 Å². The first-order valence-electron chi connectivity index (χ1n) is 7.90. The number of hydrogen-bond donors (Lipinski definition) is 1. The maximum absolute atomic E-state index is 5.47. The van der Waals surface area contributed by atoms with E-state index in [-0.39, 0.29) is 0 Å². The minimum atomic E-state index is 0.626. The average molecular weight is 276 g/mol. The molecule has 0 saturated heterocycles. The van der Waals surface area contributed by atoms with Crippen LogP contribution >= 0.6 is 12.2 Å². The van der Waals surface area contributed by atoms with Crippen LogP contribution in [0.25, 0.3) is 0 Å². The van der Waals surface area contributed by atoms with Gasteiger partial charge in [-0.3, -0.25) is 0 Å². The Balaban J connectivity index is 1.74. The summed E-state index contributed by atoms with van der Waals surface area (Å²) in [6, 6.07) is 0.